The van der Waals surface area contributed by atoms with Gasteiger partial charge in [-0.05, 0) is 81.0 Å². The number of hydrogen-bond donors (Lipinski definition) is 1. The highest BCUT2D eigenvalue weighted by molar-refractivity contribution is 6.12. The van der Waals surface area contributed by atoms with Gasteiger partial charge in [0.1, 0.15) is 0 Å². The average molecular weight is 571 g/mol. The molecule has 0 spiro atoms. The lowest BCUT2D eigenvalue weighted by atomic mass is 9.94. The molecule has 2 heterocycles. The molecule has 2 aliphatic carbocycles. The average Bonchev–Trinajstić information content (AvgIpc) is 3.49. The first kappa shape index (κ1) is 28.5. The zero-order valence-electron chi connectivity index (χ0n) is 25.0. The zero-order chi connectivity index (χ0) is 29.2. The summed E-state index contributed by atoms with van der Waals surface area (Å²) in [5, 5.41) is 17.8. The number of hydrogen-bond acceptors (Lipinski definition) is 6. The van der Waals surface area contributed by atoms with Gasteiger partial charge in [-0.15, -0.1) is 0 Å². The van der Waals surface area contributed by atoms with E-state index >= 15 is 0 Å². The highest BCUT2D eigenvalue weighted by atomic mass is 16.7. The van der Waals surface area contributed by atoms with Crippen LogP contribution in [0.4, 0.5) is 0 Å². The van der Waals surface area contributed by atoms with Crippen molar-refractivity contribution in [3.8, 4) is 0 Å². The zero-order valence-corrected chi connectivity index (χ0v) is 25.0. The second-order valence-electron chi connectivity index (χ2n) is 11.9. The number of carbonyl (C=O) groups excluding carboxylic acids is 1. The molecular weight excluding hydrogens is 528 g/mol. The normalized spacial score (nSPS) is 22.9. The molecule has 3 aliphatic rings. The van der Waals surface area contributed by atoms with E-state index in [1.807, 2.05) is 19.1 Å². The van der Waals surface area contributed by atoms with Crippen LogP contribution in [-0.4, -0.2) is 50.6 Å². The Labute approximate surface area is 247 Å². The summed E-state index contributed by atoms with van der Waals surface area (Å²) in [7, 11) is 0. The van der Waals surface area contributed by atoms with Crippen LogP contribution in [0.25, 0.3) is 27.9 Å². The van der Waals surface area contributed by atoms with Crippen LogP contribution >= 0.6 is 0 Å². The van der Waals surface area contributed by atoms with Gasteiger partial charge in [0.15, 0.2) is 12.0 Å². The quantitative estimate of drug-likeness (QED) is 0.194. The molecule has 222 valence electrons. The van der Waals surface area contributed by atoms with Crippen LogP contribution in [-0.2, 0) is 20.9 Å². The van der Waals surface area contributed by atoms with E-state index < -0.39 is 12.2 Å². The fourth-order valence-corrected chi connectivity index (χ4v) is 6.86. The van der Waals surface area contributed by atoms with Crippen molar-refractivity contribution < 1.29 is 19.5 Å². The number of aliphatic imine (C=N–C) groups is 1. The Balaban J connectivity index is 1.37. The fraction of sp³-hybridized carbons (Fsp3) is 0.500. The Morgan fingerprint density at radius 1 is 0.976 bits per heavy atom. The minimum atomic E-state index is -0.838. The van der Waals surface area contributed by atoms with Crippen molar-refractivity contribution >= 4 is 45.6 Å². The number of carbonyl (C=O) groups is 1. The third kappa shape index (κ3) is 5.69. The molecule has 3 fully saturated rings. The van der Waals surface area contributed by atoms with Crippen LogP contribution in [0, 0.1) is 0 Å². The molecule has 8 heteroatoms. The molecule has 1 aliphatic heterocycles. The Kier molecular flexibility index (Phi) is 8.34. The first-order valence-electron chi connectivity index (χ1n) is 15.6. The number of benzene rings is 2. The maximum Gasteiger partial charge on any atom is 0.331 e. The maximum absolute atomic E-state index is 11.6. The predicted octanol–water partition coefficient (Wildman–Crippen LogP) is 7.11. The lowest BCUT2D eigenvalue weighted by molar-refractivity contribution is -0.140. The lowest BCUT2D eigenvalue weighted by Crippen LogP contribution is -2.43. The van der Waals surface area contributed by atoms with Crippen molar-refractivity contribution in [2.24, 2.45) is 10.1 Å². The number of aliphatic hydroxyl groups excluding tert-OH is 1. The second-order valence-corrected chi connectivity index (χ2v) is 11.9. The van der Waals surface area contributed by atoms with Crippen molar-refractivity contribution in [2.75, 3.05) is 0 Å². The third-order valence-electron chi connectivity index (χ3n) is 9.03. The van der Waals surface area contributed by atoms with E-state index in [4.69, 9.17) is 14.6 Å². The van der Waals surface area contributed by atoms with E-state index in [1.165, 1.54) is 45.4 Å². The predicted molar refractivity (Wildman–Crippen MR) is 167 cm³/mol. The molecule has 1 N–H and O–H groups in total. The smallest absolute Gasteiger partial charge is 0.331 e. The molecule has 1 aromatic heterocycles. The molecule has 2 saturated carbocycles. The number of amidine groups is 1. The van der Waals surface area contributed by atoms with Gasteiger partial charge in [0.25, 0.3) is 6.02 Å². The molecule has 42 heavy (non-hydrogen) atoms. The van der Waals surface area contributed by atoms with Crippen LogP contribution < -0.4 is 0 Å². The molecule has 3 aromatic rings. The van der Waals surface area contributed by atoms with Gasteiger partial charge in [-0.25, -0.2) is 9.79 Å². The van der Waals surface area contributed by atoms with Crippen LogP contribution in [0.15, 0.2) is 52.3 Å². The lowest BCUT2D eigenvalue weighted by Gasteiger charge is -2.33. The molecule has 1 unspecified atom stereocenters. The summed E-state index contributed by atoms with van der Waals surface area (Å²) in [4.78, 5) is 23.3. The fourth-order valence-electron chi connectivity index (χ4n) is 6.86. The Hall–Kier alpha value is -3.65. The molecule has 0 amide bonds. The SMILES string of the molecule is CCn1c2ccc(/C=C3\OC(=NC4CCCCC4)N(C4CCCCC4)C3O)cc2c2cc(/C(C)=N/OC(C)=O)ccc21. The van der Waals surface area contributed by atoms with Crippen LogP contribution in [0.2, 0.25) is 0 Å². The van der Waals surface area contributed by atoms with Crippen molar-refractivity contribution in [1.29, 1.82) is 0 Å². The van der Waals surface area contributed by atoms with E-state index in [2.05, 4.69) is 51.9 Å². The molecule has 0 bridgehead atoms. The number of nitrogens with zero attached hydrogens (tertiary/aromatic N) is 4. The van der Waals surface area contributed by atoms with Crippen molar-refractivity contribution in [3.05, 3.63) is 53.3 Å². The third-order valence-corrected chi connectivity index (χ3v) is 9.03. The van der Waals surface area contributed by atoms with Gasteiger partial charge in [-0.3, -0.25) is 4.90 Å². The van der Waals surface area contributed by atoms with E-state index in [1.54, 1.807) is 0 Å². The monoisotopic (exact) mass is 570 g/mol. The molecule has 0 radical (unpaired) electrons. The molecule has 6 rings (SSSR count). The molecule has 1 atom stereocenters. The minimum absolute atomic E-state index is 0.252. The summed E-state index contributed by atoms with van der Waals surface area (Å²) in [6.07, 6.45) is 12.7. The van der Waals surface area contributed by atoms with Gasteiger partial charge in [0.2, 0.25) is 0 Å². The molecular formula is C34H42N4O4. The maximum atomic E-state index is 11.6. The highest BCUT2D eigenvalue weighted by Crippen LogP contribution is 2.35. The van der Waals surface area contributed by atoms with Gasteiger partial charge in [-0.2, -0.15) is 0 Å². The number of aromatic nitrogens is 1. The number of aliphatic hydroxyl groups is 1. The minimum Gasteiger partial charge on any atom is -0.426 e. The van der Waals surface area contributed by atoms with Crippen molar-refractivity contribution in [1.82, 2.24) is 9.47 Å². The largest absolute Gasteiger partial charge is 0.426 e. The number of ether oxygens (including phenoxy) is 1. The topological polar surface area (TPSA) is 88.7 Å². The van der Waals surface area contributed by atoms with Gasteiger partial charge in [-0.1, -0.05) is 55.8 Å². The van der Waals surface area contributed by atoms with Crippen LogP contribution in [0.1, 0.15) is 96.1 Å². The summed E-state index contributed by atoms with van der Waals surface area (Å²) >= 11 is 0. The summed E-state index contributed by atoms with van der Waals surface area (Å²) in [5.41, 5.74) is 4.76. The number of aryl methyl sites for hydroxylation is 1. The van der Waals surface area contributed by atoms with Crippen LogP contribution in [0.5, 0.6) is 0 Å². The van der Waals surface area contributed by atoms with E-state index in [-0.39, 0.29) is 12.1 Å². The van der Waals surface area contributed by atoms with E-state index in [0.717, 1.165) is 65.2 Å². The number of oxime groups is 1. The Morgan fingerprint density at radius 3 is 2.33 bits per heavy atom. The van der Waals surface area contributed by atoms with Gasteiger partial charge in [0.05, 0.1) is 11.8 Å². The van der Waals surface area contributed by atoms with Gasteiger partial charge < -0.3 is 19.2 Å². The van der Waals surface area contributed by atoms with Crippen molar-refractivity contribution in [2.45, 2.75) is 110 Å². The van der Waals surface area contributed by atoms with Crippen LogP contribution in [0.3, 0.4) is 0 Å². The summed E-state index contributed by atoms with van der Waals surface area (Å²) in [6, 6.07) is 13.7. The number of rotatable bonds is 6. The summed E-state index contributed by atoms with van der Waals surface area (Å²) in [5.74, 6) is 0.0970. The van der Waals surface area contributed by atoms with E-state index in [0.29, 0.717) is 17.5 Å². The molecule has 1 saturated heterocycles. The Morgan fingerprint density at radius 2 is 1.64 bits per heavy atom. The highest BCUT2D eigenvalue weighted by Gasteiger charge is 2.40. The van der Waals surface area contributed by atoms with E-state index in [9.17, 15) is 9.90 Å². The first-order valence-corrected chi connectivity index (χ1v) is 15.6. The number of fused-ring (bicyclic) bond motifs is 3. The summed E-state index contributed by atoms with van der Waals surface area (Å²) in [6.45, 7) is 6.16. The molecule has 8 nitrogen and oxygen atoms in total. The summed E-state index contributed by atoms with van der Waals surface area (Å²) < 4.78 is 8.69. The van der Waals surface area contributed by atoms with Crippen molar-refractivity contribution in [3.63, 3.8) is 0 Å². The Bertz CT molecular complexity index is 1560. The molecule has 2 aromatic carbocycles. The first-order chi connectivity index (χ1) is 20.4. The van der Waals surface area contributed by atoms with Gasteiger partial charge >= 0.3 is 5.97 Å². The second kappa shape index (κ2) is 12.3. The standard InChI is InChI=1S/C34H42N4O4/c1-4-37-30-17-15-24(19-28(30)29-21-25(16-18-31(29)37)22(2)36-42-23(3)39)20-32-33(40)38(27-13-9-6-10-14-27)34(41-32)35-26-11-7-5-8-12-26/h15-21,26-27,33,40H,4-14H2,1-3H3/b32-20-,35-34?,36-22+. The van der Waals surface area contributed by atoms with Gasteiger partial charge in [0, 0.05) is 41.3 Å².